The Hall–Kier alpha value is -1.90. The van der Waals surface area contributed by atoms with E-state index in [1.165, 1.54) is 26.3 Å². The van der Waals surface area contributed by atoms with Crippen molar-refractivity contribution in [3.8, 4) is 5.75 Å². The van der Waals surface area contributed by atoms with E-state index in [-0.39, 0.29) is 16.6 Å². The van der Waals surface area contributed by atoms with Crippen LogP contribution in [0.3, 0.4) is 0 Å². The second-order valence-corrected chi connectivity index (χ2v) is 6.88. The van der Waals surface area contributed by atoms with Gasteiger partial charge in [0, 0.05) is 32.3 Å². The third kappa shape index (κ3) is 4.31. The summed E-state index contributed by atoms with van der Waals surface area (Å²) in [6, 6.07) is 4.75. The summed E-state index contributed by atoms with van der Waals surface area (Å²) in [4.78, 5) is 13.9. The maximum atomic E-state index is 12.1. The van der Waals surface area contributed by atoms with E-state index in [2.05, 4.69) is 10.0 Å². The SMILES string of the molecule is CNS(=O)(=O)c1cc(/C=C/C(=O)N2CCNCC2)ccc1OC. The van der Waals surface area contributed by atoms with E-state index in [0.29, 0.717) is 18.7 Å². The Kier molecular flexibility index (Phi) is 5.75. The Morgan fingerprint density at radius 2 is 2.04 bits per heavy atom. The number of hydrogen-bond acceptors (Lipinski definition) is 5. The van der Waals surface area contributed by atoms with Crippen molar-refractivity contribution in [3.63, 3.8) is 0 Å². The Balaban J connectivity index is 2.21. The molecule has 0 saturated carbocycles. The molecule has 0 aliphatic carbocycles. The molecule has 126 valence electrons. The molecule has 1 heterocycles. The van der Waals surface area contributed by atoms with Gasteiger partial charge in [-0.25, -0.2) is 13.1 Å². The van der Waals surface area contributed by atoms with Crippen LogP contribution in [0.2, 0.25) is 0 Å². The summed E-state index contributed by atoms with van der Waals surface area (Å²) < 4.78 is 31.4. The molecular weight excluding hydrogens is 318 g/mol. The number of nitrogens with one attached hydrogen (secondary N) is 2. The van der Waals surface area contributed by atoms with Crippen molar-refractivity contribution in [1.82, 2.24) is 14.9 Å². The number of ether oxygens (including phenoxy) is 1. The lowest BCUT2D eigenvalue weighted by atomic mass is 10.2. The predicted molar refractivity (Wildman–Crippen MR) is 87.7 cm³/mol. The Morgan fingerprint density at radius 3 is 2.65 bits per heavy atom. The average Bonchev–Trinajstić information content (AvgIpc) is 2.60. The number of carbonyl (C=O) groups is 1. The van der Waals surface area contributed by atoms with Crippen LogP contribution in [0.15, 0.2) is 29.2 Å². The van der Waals surface area contributed by atoms with Gasteiger partial charge in [-0.2, -0.15) is 0 Å². The fraction of sp³-hybridized carbons (Fsp3) is 0.400. The fourth-order valence-electron chi connectivity index (χ4n) is 2.28. The molecule has 23 heavy (non-hydrogen) atoms. The number of nitrogens with zero attached hydrogens (tertiary/aromatic N) is 1. The fourth-order valence-corrected chi connectivity index (χ4v) is 3.20. The molecule has 1 aromatic rings. The molecule has 0 spiro atoms. The highest BCUT2D eigenvalue weighted by Gasteiger charge is 2.18. The number of methoxy groups -OCH3 is 1. The van der Waals surface area contributed by atoms with E-state index in [0.717, 1.165) is 13.1 Å². The van der Waals surface area contributed by atoms with Gasteiger partial charge in [0.05, 0.1) is 7.11 Å². The summed E-state index contributed by atoms with van der Waals surface area (Å²) in [5.74, 6) is 0.172. The first-order chi connectivity index (χ1) is 11.0. The lowest BCUT2D eigenvalue weighted by Gasteiger charge is -2.26. The predicted octanol–water partition coefficient (Wildman–Crippen LogP) is 0.0483. The summed E-state index contributed by atoms with van der Waals surface area (Å²) in [5, 5.41) is 3.18. The number of hydrogen-bond donors (Lipinski definition) is 2. The molecule has 1 amide bonds. The molecule has 0 radical (unpaired) electrons. The first-order valence-electron chi connectivity index (χ1n) is 7.27. The minimum atomic E-state index is -3.63. The van der Waals surface area contributed by atoms with Crippen molar-refractivity contribution in [2.24, 2.45) is 0 Å². The zero-order valence-electron chi connectivity index (χ0n) is 13.2. The van der Waals surface area contributed by atoms with Crippen molar-refractivity contribution in [2.75, 3.05) is 40.3 Å². The molecule has 0 aromatic heterocycles. The zero-order chi connectivity index (χ0) is 16.9. The van der Waals surface area contributed by atoms with Gasteiger partial charge in [0.15, 0.2) is 0 Å². The third-order valence-corrected chi connectivity index (χ3v) is 5.03. The molecule has 1 aliphatic heterocycles. The number of benzene rings is 1. The summed E-state index contributed by atoms with van der Waals surface area (Å²) >= 11 is 0. The molecule has 1 fully saturated rings. The van der Waals surface area contributed by atoms with Crippen LogP contribution < -0.4 is 14.8 Å². The number of amides is 1. The summed E-state index contributed by atoms with van der Waals surface area (Å²) in [6.45, 7) is 2.91. The van der Waals surface area contributed by atoms with Crippen molar-refractivity contribution < 1.29 is 17.9 Å². The monoisotopic (exact) mass is 339 g/mol. The smallest absolute Gasteiger partial charge is 0.246 e. The Morgan fingerprint density at radius 1 is 1.35 bits per heavy atom. The second-order valence-electron chi connectivity index (χ2n) is 5.03. The minimum Gasteiger partial charge on any atom is -0.495 e. The largest absolute Gasteiger partial charge is 0.495 e. The first kappa shape index (κ1) is 17.5. The molecule has 1 aromatic carbocycles. The van der Waals surface area contributed by atoms with Gasteiger partial charge >= 0.3 is 0 Å². The van der Waals surface area contributed by atoms with Crippen LogP contribution in [0.1, 0.15) is 5.56 Å². The molecule has 0 bridgehead atoms. The van der Waals surface area contributed by atoms with Crippen LogP contribution in [-0.4, -0.2) is 59.6 Å². The number of piperazine rings is 1. The maximum absolute atomic E-state index is 12.1. The number of rotatable bonds is 5. The first-order valence-corrected chi connectivity index (χ1v) is 8.75. The number of sulfonamides is 1. The molecule has 2 N–H and O–H groups in total. The summed E-state index contributed by atoms with van der Waals surface area (Å²) in [5.41, 5.74) is 0.614. The number of carbonyl (C=O) groups excluding carboxylic acids is 1. The Labute approximate surface area is 136 Å². The summed E-state index contributed by atoms with van der Waals surface area (Å²) in [6.07, 6.45) is 3.07. The minimum absolute atomic E-state index is 0.0410. The van der Waals surface area contributed by atoms with Gasteiger partial charge in [0.25, 0.3) is 0 Å². The van der Waals surface area contributed by atoms with Crippen molar-refractivity contribution in [2.45, 2.75) is 4.90 Å². The molecule has 0 unspecified atom stereocenters. The van der Waals surface area contributed by atoms with E-state index in [1.807, 2.05) is 0 Å². The molecule has 7 nitrogen and oxygen atoms in total. The maximum Gasteiger partial charge on any atom is 0.246 e. The van der Waals surface area contributed by atoms with E-state index < -0.39 is 10.0 Å². The van der Waals surface area contributed by atoms with E-state index in [9.17, 15) is 13.2 Å². The van der Waals surface area contributed by atoms with Crippen LogP contribution in [0, 0.1) is 0 Å². The normalized spacial score (nSPS) is 15.8. The lowest BCUT2D eigenvalue weighted by molar-refractivity contribution is -0.126. The lowest BCUT2D eigenvalue weighted by Crippen LogP contribution is -2.45. The van der Waals surface area contributed by atoms with Crippen LogP contribution in [-0.2, 0) is 14.8 Å². The van der Waals surface area contributed by atoms with Crippen molar-refractivity contribution in [3.05, 3.63) is 29.8 Å². The van der Waals surface area contributed by atoms with Crippen molar-refractivity contribution in [1.29, 1.82) is 0 Å². The van der Waals surface area contributed by atoms with Gasteiger partial charge in [-0.05, 0) is 30.8 Å². The zero-order valence-corrected chi connectivity index (χ0v) is 14.0. The molecule has 8 heteroatoms. The van der Waals surface area contributed by atoms with Gasteiger partial charge < -0.3 is 15.0 Å². The molecule has 2 rings (SSSR count). The van der Waals surface area contributed by atoms with Crippen LogP contribution in [0.5, 0.6) is 5.75 Å². The molecule has 0 atom stereocenters. The summed E-state index contributed by atoms with van der Waals surface area (Å²) in [7, 11) is -0.886. The highest BCUT2D eigenvalue weighted by molar-refractivity contribution is 7.89. The highest BCUT2D eigenvalue weighted by Crippen LogP contribution is 2.25. The highest BCUT2D eigenvalue weighted by atomic mass is 32.2. The standard InChI is InChI=1S/C15H21N3O4S/c1-16-23(20,21)14-11-12(3-5-13(14)22-2)4-6-15(19)18-9-7-17-8-10-18/h3-6,11,16-17H,7-10H2,1-2H3/b6-4+. The quantitative estimate of drug-likeness (QED) is 0.740. The van der Waals surface area contributed by atoms with Gasteiger partial charge in [-0.15, -0.1) is 0 Å². The Bertz CT molecular complexity index is 695. The van der Waals surface area contributed by atoms with Crippen LogP contribution >= 0.6 is 0 Å². The topological polar surface area (TPSA) is 87.7 Å². The van der Waals surface area contributed by atoms with Gasteiger partial charge in [0.2, 0.25) is 15.9 Å². The van der Waals surface area contributed by atoms with Crippen LogP contribution in [0.4, 0.5) is 0 Å². The van der Waals surface area contributed by atoms with Gasteiger partial charge in [-0.1, -0.05) is 6.07 Å². The van der Waals surface area contributed by atoms with E-state index in [4.69, 9.17) is 4.74 Å². The van der Waals surface area contributed by atoms with Crippen LogP contribution in [0.25, 0.3) is 6.08 Å². The average molecular weight is 339 g/mol. The van der Waals surface area contributed by atoms with Gasteiger partial charge in [0.1, 0.15) is 10.6 Å². The van der Waals surface area contributed by atoms with Gasteiger partial charge in [-0.3, -0.25) is 4.79 Å². The third-order valence-electron chi connectivity index (χ3n) is 3.59. The van der Waals surface area contributed by atoms with E-state index >= 15 is 0 Å². The molecule has 1 aliphatic rings. The van der Waals surface area contributed by atoms with E-state index in [1.54, 1.807) is 23.1 Å². The molecular formula is C15H21N3O4S. The molecule has 1 saturated heterocycles. The second kappa shape index (κ2) is 7.58. The van der Waals surface area contributed by atoms with Crippen molar-refractivity contribution >= 4 is 22.0 Å².